The molecule has 2 aromatic rings. The highest BCUT2D eigenvalue weighted by Gasteiger charge is 2.13. The average Bonchev–Trinajstić information content (AvgIpc) is 2.68. The van der Waals surface area contributed by atoms with Crippen LogP contribution in [0.2, 0.25) is 0 Å². The number of benzene rings is 1. The van der Waals surface area contributed by atoms with E-state index in [-0.39, 0.29) is 11.7 Å². The predicted octanol–water partition coefficient (Wildman–Crippen LogP) is 2.13. The number of carbonyl (C=O) groups is 1. The lowest BCUT2D eigenvalue weighted by Crippen LogP contribution is -2.13. The first-order valence-electron chi connectivity index (χ1n) is 4.46. The maximum absolute atomic E-state index is 11.7. The second kappa shape index (κ2) is 4.36. The summed E-state index contributed by atoms with van der Waals surface area (Å²) in [7, 11) is 0. The van der Waals surface area contributed by atoms with Crippen LogP contribution in [0.15, 0.2) is 34.9 Å². The molecule has 0 aliphatic heterocycles. The van der Waals surface area contributed by atoms with Crippen molar-refractivity contribution in [1.29, 1.82) is 0 Å². The van der Waals surface area contributed by atoms with Crippen LogP contribution >= 0.6 is 15.9 Å². The molecule has 0 bridgehead atoms. The highest BCUT2D eigenvalue weighted by atomic mass is 79.9. The Hall–Kier alpha value is -1.82. The Morgan fingerprint density at radius 3 is 2.81 bits per heavy atom. The van der Waals surface area contributed by atoms with Gasteiger partial charge in [0, 0.05) is 0 Å². The number of aromatic amines is 1. The highest BCUT2D eigenvalue weighted by Crippen LogP contribution is 2.23. The maximum atomic E-state index is 11.7. The van der Waals surface area contributed by atoms with Gasteiger partial charge in [-0.05, 0) is 28.1 Å². The van der Waals surface area contributed by atoms with Crippen molar-refractivity contribution in [3.63, 3.8) is 0 Å². The standard InChI is InChI=1S/C10H8BrN3O2/c11-6-5-12-14-9(6)10(16)13-7-3-1-2-4-8(7)15/h1-5,15H,(H,12,14)(H,13,16). The number of hydrogen-bond donors (Lipinski definition) is 3. The Kier molecular flexibility index (Phi) is 2.91. The van der Waals surface area contributed by atoms with Crippen LogP contribution in [-0.4, -0.2) is 21.2 Å². The van der Waals surface area contributed by atoms with Gasteiger partial charge in [-0.15, -0.1) is 0 Å². The van der Waals surface area contributed by atoms with Crippen LogP contribution in [0.1, 0.15) is 10.5 Å². The summed E-state index contributed by atoms with van der Waals surface area (Å²) in [5.41, 5.74) is 0.664. The van der Waals surface area contributed by atoms with E-state index in [0.29, 0.717) is 15.9 Å². The molecule has 1 heterocycles. The van der Waals surface area contributed by atoms with E-state index in [2.05, 4.69) is 31.4 Å². The molecule has 16 heavy (non-hydrogen) atoms. The van der Waals surface area contributed by atoms with E-state index in [1.54, 1.807) is 18.2 Å². The summed E-state index contributed by atoms with van der Waals surface area (Å²) in [6.07, 6.45) is 1.49. The lowest BCUT2D eigenvalue weighted by Gasteiger charge is -2.05. The van der Waals surface area contributed by atoms with Gasteiger partial charge >= 0.3 is 0 Å². The molecular formula is C10H8BrN3O2. The molecule has 2 rings (SSSR count). The number of rotatable bonds is 2. The second-order valence-corrected chi connectivity index (χ2v) is 3.92. The number of nitrogens with zero attached hydrogens (tertiary/aromatic N) is 1. The van der Waals surface area contributed by atoms with E-state index in [1.165, 1.54) is 12.3 Å². The van der Waals surface area contributed by atoms with Gasteiger partial charge in [-0.2, -0.15) is 5.10 Å². The number of nitrogens with one attached hydrogen (secondary N) is 2. The van der Waals surface area contributed by atoms with E-state index < -0.39 is 0 Å². The van der Waals surface area contributed by atoms with E-state index >= 15 is 0 Å². The number of hydrogen-bond acceptors (Lipinski definition) is 3. The highest BCUT2D eigenvalue weighted by molar-refractivity contribution is 9.10. The minimum Gasteiger partial charge on any atom is -0.506 e. The van der Waals surface area contributed by atoms with Crippen LogP contribution in [0.4, 0.5) is 5.69 Å². The molecular weight excluding hydrogens is 274 g/mol. The molecule has 82 valence electrons. The number of anilines is 1. The molecule has 0 saturated carbocycles. The van der Waals surface area contributed by atoms with Crippen LogP contribution in [0.5, 0.6) is 5.75 Å². The van der Waals surface area contributed by atoms with E-state index in [1.807, 2.05) is 0 Å². The van der Waals surface area contributed by atoms with Gasteiger partial charge in [-0.1, -0.05) is 12.1 Å². The van der Waals surface area contributed by atoms with Crippen molar-refractivity contribution in [2.45, 2.75) is 0 Å². The Bertz CT molecular complexity index is 524. The molecule has 0 saturated heterocycles. The first kappa shape index (κ1) is 10.7. The number of amides is 1. The molecule has 5 nitrogen and oxygen atoms in total. The van der Waals surface area contributed by atoms with Crippen molar-refractivity contribution >= 4 is 27.5 Å². The average molecular weight is 282 g/mol. The fraction of sp³-hybridized carbons (Fsp3) is 0. The number of halogens is 1. The number of aromatic hydroxyl groups is 1. The molecule has 6 heteroatoms. The first-order valence-corrected chi connectivity index (χ1v) is 5.26. The summed E-state index contributed by atoms with van der Waals surface area (Å²) in [5.74, 6) is -0.350. The van der Waals surface area contributed by atoms with Gasteiger partial charge in [-0.25, -0.2) is 0 Å². The number of phenolic OH excluding ortho intramolecular Hbond substituents is 1. The molecule has 0 fully saturated rings. The molecule has 0 spiro atoms. The zero-order valence-electron chi connectivity index (χ0n) is 8.07. The van der Waals surface area contributed by atoms with Crippen molar-refractivity contribution < 1.29 is 9.90 Å². The second-order valence-electron chi connectivity index (χ2n) is 3.06. The van der Waals surface area contributed by atoms with Crippen LogP contribution in [0.3, 0.4) is 0 Å². The molecule has 0 aliphatic rings. The van der Waals surface area contributed by atoms with Crippen molar-refractivity contribution in [2.75, 3.05) is 5.32 Å². The smallest absolute Gasteiger partial charge is 0.274 e. The van der Waals surface area contributed by atoms with Gasteiger partial charge in [0.1, 0.15) is 11.4 Å². The third-order valence-corrected chi connectivity index (χ3v) is 2.57. The van der Waals surface area contributed by atoms with Crippen LogP contribution in [0, 0.1) is 0 Å². The van der Waals surface area contributed by atoms with Crippen LogP contribution in [-0.2, 0) is 0 Å². The zero-order chi connectivity index (χ0) is 11.5. The monoisotopic (exact) mass is 281 g/mol. The molecule has 0 atom stereocenters. The Morgan fingerprint density at radius 1 is 1.44 bits per heavy atom. The lowest BCUT2D eigenvalue weighted by molar-refractivity contribution is 0.102. The van der Waals surface area contributed by atoms with Crippen molar-refractivity contribution in [1.82, 2.24) is 10.2 Å². The Balaban J connectivity index is 2.21. The molecule has 0 radical (unpaired) electrons. The molecule has 1 aromatic heterocycles. The van der Waals surface area contributed by atoms with Crippen molar-refractivity contribution in [3.05, 3.63) is 40.6 Å². The topological polar surface area (TPSA) is 78.0 Å². The van der Waals surface area contributed by atoms with Gasteiger partial charge in [0.2, 0.25) is 0 Å². The number of carbonyl (C=O) groups excluding carboxylic acids is 1. The van der Waals surface area contributed by atoms with E-state index in [0.717, 1.165) is 0 Å². The molecule has 0 unspecified atom stereocenters. The normalized spacial score (nSPS) is 10.1. The number of para-hydroxylation sites is 2. The van der Waals surface area contributed by atoms with Gasteiger partial charge in [0.15, 0.2) is 0 Å². The minimum atomic E-state index is -0.370. The molecule has 1 amide bonds. The lowest BCUT2D eigenvalue weighted by atomic mass is 10.3. The summed E-state index contributed by atoms with van der Waals surface area (Å²) in [4.78, 5) is 11.7. The van der Waals surface area contributed by atoms with Crippen LogP contribution in [0.25, 0.3) is 0 Å². The maximum Gasteiger partial charge on any atom is 0.274 e. The number of aromatic nitrogens is 2. The van der Waals surface area contributed by atoms with Gasteiger partial charge < -0.3 is 10.4 Å². The molecule has 3 N–H and O–H groups in total. The largest absolute Gasteiger partial charge is 0.506 e. The van der Waals surface area contributed by atoms with Crippen LogP contribution < -0.4 is 5.32 Å². The summed E-state index contributed by atoms with van der Waals surface area (Å²) >= 11 is 3.18. The summed E-state index contributed by atoms with van der Waals surface area (Å²) in [6, 6.07) is 6.50. The van der Waals surface area contributed by atoms with Gasteiger partial charge in [-0.3, -0.25) is 9.89 Å². The number of phenols is 1. The summed E-state index contributed by atoms with van der Waals surface area (Å²) in [6.45, 7) is 0. The fourth-order valence-electron chi connectivity index (χ4n) is 1.19. The summed E-state index contributed by atoms with van der Waals surface area (Å²) in [5, 5.41) is 18.3. The summed E-state index contributed by atoms with van der Waals surface area (Å²) < 4.78 is 0.570. The third-order valence-electron chi connectivity index (χ3n) is 1.97. The Labute approximate surface area is 99.6 Å². The zero-order valence-corrected chi connectivity index (χ0v) is 9.65. The third kappa shape index (κ3) is 2.06. The van der Waals surface area contributed by atoms with Crippen molar-refractivity contribution in [3.8, 4) is 5.75 Å². The Morgan fingerprint density at radius 2 is 2.19 bits per heavy atom. The predicted molar refractivity (Wildman–Crippen MR) is 62.3 cm³/mol. The fourth-order valence-corrected chi connectivity index (χ4v) is 1.57. The van der Waals surface area contributed by atoms with E-state index in [4.69, 9.17) is 0 Å². The minimum absolute atomic E-state index is 0.0199. The molecule has 1 aromatic carbocycles. The van der Waals surface area contributed by atoms with Gasteiger partial charge in [0.25, 0.3) is 5.91 Å². The van der Waals surface area contributed by atoms with E-state index in [9.17, 15) is 9.90 Å². The SMILES string of the molecule is O=C(Nc1ccccc1O)c1[nH]ncc1Br. The number of H-pyrrole nitrogens is 1. The van der Waals surface area contributed by atoms with Gasteiger partial charge in [0.05, 0.1) is 16.4 Å². The quantitative estimate of drug-likeness (QED) is 0.738. The first-order chi connectivity index (χ1) is 7.68. The van der Waals surface area contributed by atoms with Crippen molar-refractivity contribution in [2.24, 2.45) is 0 Å². The molecule has 0 aliphatic carbocycles.